The van der Waals surface area contributed by atoms with Crippen LogP contribution < -0.4 is 0 Å². The molecule has 0 aromatic heterocycles. The van der Waals surface area contributed by atoms with E-state index in [0.717, 1.165) is 5.56 Å². The molecule has 1 saturated heterocycles. The molecule has 0 amide bonds. The monoisotopic (exact) mass is 263 g/mol. The van der Waals surface area contributed by atoms with Crippen molar-refractivity contribution in [1.29, 1.82) is 0 Å². The number of aliphatic hydroxyl groups is 3. The van der Waals surface area contributed by atoms with Gasteiger partial charge in [-0.1, -0.05) is 30.3 Å². The van der Waals surface area contributed by atoms with Crippen molar-refractivity contribution in [2.45, 2.75) is 42.9 Å². The molecule has 19 heavy (non-hydrogen) atoms. The normalized spacial score (nSPS) is 48.1. The van der Waals surface area contributed by atoms with Crippen molar-refractivity contribution in [2.75, 3.05) is 0 Å². The lowest BCUT2D eigenvalue weighted by atomic mass is 9.89. The SMILES string of the molecule is O[C@H]1[C@@H]2[C@@H]3[C@H](O)[C@@]1(O)C[C@H]2ON3Cc1ccccc1. The van der Waals surface area contributed by atoms with Crippen molar-refractivity contribution in [3.05, 3.63) is 35.9 Å². The molecule has 2 aliphatic carbocycles. The van der Waals surface area contributed by atoms with E-state index in [9.17, 15) is 15.3 Å². The first-order valence-electron chi connectivity index (χ1n) is 6.67. The van der Waals surface area contributed by atoms with Gasteiger partial charge in [0.1, 0.15) is 11.7 Å². The van der Waals surface area contributed by atoms with Gasteiger partial charge < -0.3 is 15.3 Å². The lowest BCUT2D eigenvalue weighted by Gasteiger charge is -2.30. The van der Waals surface area contributed by atoms with Gasteiger partial charge in [-0.3, -0.25) is 4.84 Å². The zero-order chi connectivity index (χ0) is 13.2. The van der Waals surface area contributed by atoms with E-state index in [1.165, 1.54) is 0 Å². The fraction of sp³-hybridized carbons (Fsp3) is 0.571. The van der Waals surface area contributed by atoms with E-state index in [0.29, 0.717) is 13.0 Å². The molecule has 2 saturated carbocycles. The minimum atomic E-state index is -1.40. The summed E-state index contributed by atoms with van der Waals surface area (Å²) in [7, 11) is 0. The molecule has 4 rings (SSSR count). The third-order valence-corrected chi connectivity index (χ3v) is 4.85. The summed E-state index contributed by atoms with van der Waals surface area (Å²) < 4.78 is 0. The van der Waals surface area contributed by atoms with Crippen LogP contribution in [0.25, 0.3) is 0 Å². The Morgan fingerprint density at radius 2 is 1.95 bits per heavy atom. The fourth-order valence-electron chi connectivity index (χ4n) is 3.93. The van der Waals surface area contributed by atoms with Gasteiger partial charge in [0.2, 0.25) is 0 Å². The average molecular weight is 263 g/mol. The maximum atomic E-state index is 10.3. The molecule has 0 radical (unpaired) electrons. The Morgan fingerprint density at radius 1 is 1.21 bits per heavy atom. The van der Waals surface area contributed by atoms with Crippen LogP contribution in [0.3, 0.4) is 0 Å². The standard InChI is InChI=1S/C14H17NO4/c16-12-10-9-6-14(12,18)13(17)11(10)15(19-9)7-8-4-2-1-3-5-8/h1-5,9-13,16-18H,6-7H2/t9-,10+,11-,12+,13+,14-/m1/s1. The van der Waals surface area contributed by atoms with Gasteiger partial charge in [-0.25, -0.2) is 0 Å². The number of aliphatic hydroxyl groups excluding tert-OH is 2. The van der Waals surface area contributed by atoms with Crippen LogP contribution in [-0.2, 0) is 11.4 Å². The summed E-state index contributed by atoms with van der Waals surface area (Å²) in [4.78, 5) is 5.80. The third kappa shape index (κ3) is 1.42. The Bertz CT molecular complexity index is 495. The summed E-state index contributed by atoms with van der Waals surface area (Å²) in [5, 5.41) is 32.4. The van der Waals surface area contributed by atoms with E-state index < -0.39 is 17.8 Å². The van der Waals surface area contributed by atoms with E-state index in [4.69, 9.17) is 4.84 Å². The summed E-state index contributed by atoms with van der Waals surface area (Å²) in [5.74, 6) is -0.191. The Balaban J connectivity index is 1.61. The van der Waals surface area contributed by atoms with Crippen LogP contribution in [0, 0.1) is 5.92 Å². The highest BCUT2D eigenvalue weighted by atomic mass is 16.7. The molecule has 1 heterocycles. The zero-order valence-corrected chi connectivity index (χ0v) is 10.4. The van der Waals surface area contributed by atoms with Crippen LogP contribution in [0.1, 0.15) is 12.0 Å². The molecule has 2 bridgehead atoms. The van der Waals surface area contributed by atoms with Crippen LogP contribution >= 0.6 is 0 Å². The van der Waals surface area contributed by atoms with Gasteiger partial charge in [0.05, 0.1) is 18.2 Å². The smallest absolute Gasteiger partial charge is 0.121 e. The molecule has 6 atom stereocenters. The molecule has 5 heteroatoms. The van der Waals surface area contributed by atoms with Gasteiger partial charge in [-0.2, -0.15) is 5.06 Å². The fourth-order valence-corrected chi connectivity index (χ4v) is 3.93. The molecule has 1 aromatic carbocycles. The number of hydrogen-bond acceptors (Lipinski definition) is 5. The summed E-state index contributed by atoms with van der Waals surface area (Å²) in [6, 6.07) is 9.53. The van der Waals surface area contributed by atoms with Crippen molar-refractivity contribution >= 4 is 0 Å². The van der Waals surface area contributed by atoms with Gasteiger partial charge in [0, 0.05) is 18.9 Å². The van der Waals surface area contributed by atoms with Crippen LogP contribution in [0.2, 0.25) is 0 Å². The predicted octanol–water partition coefficient (Wildman–Crippen LogP) is -0.343. The predicted molar refractivity (Wildman–Crippen MR) is 65.7 cm³/mol. The summed E-state index contributed by atoms with van der Waals surface area (Å²) in [6.07, 6.45) is -1.72. The average Bonchev–Trinajstić information content (AvgIpc) is 2.89. The Hall–Kier alpha value is -0.980. The maximum Gasteiger partial charge on any atom is 0.121 e. The number of benzene rings is 1. The van der Waals surface area contributed by atoms with Gasteiger partial charge in [0.15, 0.2) is 0 Å². The Kier molecular flexibility index (Phi) is 2.35. The van der Waals surface area contributed by atoms with Crippen LogP contribution in [-0.4, -0.2) is 50.3 Å². The summed E-state index contributed by atoms with van der Waals surface area (Å²) >= 11 is 0. The van der Waals surface area contributed by atoms with Crippen LogP contribution in [0.4, 0.5) is 0 Å². The Morgan fingerprint density at radius 3 is 2.63 bits per heavy atom. The number of fused-ring (bicyclic) bond motifs is 1. The first-order valence-corrected chi connectivity index (χ1v) is 6.67. The largest absolute Gasteiger partial charge is 0.390 e. The van der Waals surface area contributed by atoms with E-state index >= 15 is 0 Å². The lowest BCUT2D eigenvalue weighted by molar-refractivity contribution is -0.173. The molecule has 0 spiro atoms. The second kappa shape index (κ2) is 3.77. The topological polar surface area (TPSA) is 73.2 Å². The highest BCUT2D eigenvalue weighted by Crippen LogP contribution is 2.55. The molecule has 3 N–H and O–H groups in total. The molecule has 3 fully saturated rings. The molecule has 102 valence electrons. The van der Waals surface area contributed by atoms with Crippen molar-refractivity contribution in [2.24, 2.45) is 5.92 Å². The lowest BCUT2D eigenvalue weighted by Crippen LogP contribution is -2.49. The summed E-state index contributed by atoms with van der Waals surface area (Å²) in [6.45, 7) is 0.554. The molecular weight excluding hydrogens is 246 g/mol. The second-order valence-corrected chi connectivity index (χ2v) is 5.86. The van der Waals surface area contributed by atoms with Crippen molar-refractivity contribution in [3.63, 3.8) is 0 Å². The zero-order valence-electron chi connectivity index (χ0n) is 10.4. The number of hydroxylamine groups is 2. The van der Waals surface area contributed by atoms with Crippen molar-refractivity contribution < 1.29 is 20.2 Å². The van der Waals surface area contributed by atoms with Gasteiger partial charge >= 0.3 is 0 Å². The number of hydrogen-bond donors (Lipinski definition) is 3. The highest BCUT2D eigenvalue weighted by molar-refractivity contribution is 5.23. The number of rotatable bonds is 2. The maximum absolute atomic E-state index is 10.3. The number of nitrogens with zero attached hydrogens (tertiary/aromatic N) is 1. The second-order valence-electron chi connectivity index (χ2n) is 5.86. The minimum Gasteiger partial charge on any atom is -0.390 e. The van der Waals surface area contributed by atoms with E-state index in [1.54, 1.807) is 5.06 Å². The first-order chi connectivity index (χ1) is 9.11. The van der Waals surface area contributed by atoms with E-state index in [-0.39, 0.29) is 18.1 Å². The minimum absolute atomic E-state index is 0.183. The van der Waals surface area contributed by atoms with E-state index in [2.05, 4.69) is 0 Å². The first kappa shape index (κ1) is 11.8. The van der Waals surface area contributed by atoms with Gasteiger partial charge in [0.25, 0.3) is 0 Å². The molecule has 0 unspecified atom stereocenters. The van der Waals surface area contributed by atoms with Gasteiger partial charge in [-0.05, 0) is 5.56 Å². The molecule has 5 nitrogen and oxygen atoms in total. The molecule has 3 aliphatic rings. The Labute approximate surface area is 111 Å². The molecule has 1 aliphatic heterocycles. The van der Waals surface area contributed by atoms with Gasteiger partial charge in [-0.15, -0.1) is 0 Å². The highest BCUT2D eigenvalue weighted by Gasteiger charge is 2.72. The molecule has 1 aromatic rings. The van der Waals surface area contributed by atoms with Crippen LogP contribution in [0.15, 0.2) is 30.3 Å². The molecular formula is C14H17NO4. The van der Waals surface area contributed by atoms with Crippen LogP contribution in [0.5, 0.6) is 0 Å². The summed E-state index contributed by atoms with van der Waals surface area (Å²) in [5.41, 5.74) is -0.313. The van der Waals surface area contributed by atoms with Crippen molar-refractivity contribution in [1.82, 2.24) is 5.06 Å². The van der Waals surface area contributed by atoms with E-state index in [1.807, 2.05) is 30.3 Å². The third-order valence-electron chi connectivity index (χ3n) is 4.85. The van der Waals surface area contributed by atoms with Crippen molar-refractivity contribution in [3.8, 4) is 0 Å². The quantitative estimate of drug-likeness (QED) is 0.680.